The molecule has 1 unspecified atom stereocenters. The van der Waals surface area contributed by atoms with Crippen LogP contribution in [-0.4, -0.2) is 50.1 Å². The molecule has 1 aliphatic heterocycles. The molecule has 1 heterocycles. The van der Waals surface area contributed by atoms with Gasteiger partial charge in [-0.1, -0.05) is 25.1 Å². The maximum absolute atomic E-state index is 12.4. The van der Waals surface area contributed by atoms with Crippen molar-refractivity contribution in [3.63, 3.8) is 0 Å². The highest BCUT2D eigenvalue weighted by Gasteiger charge is 2.24. The lowest BCUT2D eigenvalue weighted by atomic mass is 10.2. The monoisotopic (exact) mass is 275 g/mol. The molecule has 0 spiro atoms. The first-order valence-corrected chi connectivity index (χ1v) is 7.48. The van der Waals surface area contributed by atoms with Crippen molar-refractivity contribution in [2.24, 2.45) is 0 Å². The van der Waals surface area contributed by atoms with E-state index >= 15 is 0 Å². The molecule has 0 radical (unpaired) electrons. The highest BCUT2D eigenvalue weighted by atomic mass is 16.2. The molecule has 110 valence electrons. The fourth-order valence-corrected chi connectivity index (χ4v) is 2.70. The molecule has 1 amide bonds. The number of hydrogen-bond donors (Lipinski definition) is 1. The van der Waals surface area contributed by atoms with Crippen LogP contribution in [-0.2, 0) is 4.79 Å². The highest BCUT2D eigenvalue weighted by molar-refractivity contribution is 5.94. The quantitative estimate of drug-likeness (QED) is 0.859. The molecular weight excluding hydrogens is 250 g/mol. The van der Waals surface area contributed by atoms with Crippen LogP contribution in [0.4, 0.5) is 5.69 Å². The number of nitrogens with zero attached hydrogens (tertiary/aromatic N) is 2. The van der Waals surface area contributed by atoms with Gasteiger partial charge in [0.2, 0.25) is 5.91 Å². The molecule has 0 aliphatic carbocycles. The van der Waals surface area contributed by atoms with Crippen molar-refractivity contribution < 1.29 is 4.79 Å². The Morgan fingerprint density at radius 1 is 1.35 bits per heavy atom. The average molecular weight is 275 g/mol. The summed E-state index contributed by atoms with van der Waals surface area (Å²) in [6.07, 6.45) is 2.22. The van der Waals surface area contributed by atoms with Crippen LogP contribution in [0.1, 0.15) is 19.8 Å². The summed E-state index contributed by atoms with van der Waals surface area (Å²) in [7, 11) is 1.86. The number of carbonyl (C=O) groups is 1. The van der Waals surface area contributed by atoms with E-state index in [4.69, 9.17) is 0 Å². The van der Waals surface area contributed by atoms with Crippen LogP contribution in [0.25, 0.3) is 0 Å². The average Bonchev–Trinajstić information content (AvgIpc) is 3.01. The summed E-state index contributed by atoms with van der Waals surface area (Å²) < 4.78 is 0. The molecule has 0 aromatic heterocycles. The van der Waals surface area contributed by atoms with Gasteiger partial charge in [-0.05, 0) is 38.1 Å². The first-order chi connectivity index (χ1) is 9.72. The molecule has 0 bridgehead atoms. The minimum Gasteiger partial charge on any atom is -0.315 e. The van der Waals surface area contributed by atoms with Crippen molar-refractivity contribution in [3.05, 3.63) is 30.3 Å². The normalized spacial score (nSPS) is 18.4. The summed E-state index contributed by atoms with van der Waals surface area (Å²) in [6.45, 7) is 5.73. The van der Waals surface area contributed by atoms with Crippen LogP contribution in [0.15, 0.2) is 30.3 Å². The number of benzene rings is 1. The summed E-state index contributed by atoms with van der Waals surface area (Å²) in [4.78, 5) is 16.5. The highest BCUT2D eigenvalue weighted by Crippen LogP contribution is 2.14. The van der Waals surface area contributed by atoms with Gasteiger partial charge < -0.3 is 10.2 Å². The Balaban J connectivity index is 1.97. The van der Waals surface area contributed by atoms with E-state index in [1.807, 2.05) is 37.4 Å². The first kappa shape index (κ1) is 15.0. The summed E-state index contributed by atoms with van der Waals surface area (Å²) >= 11 is 0. The number of hydrogen-bond acceptors (Lipinski definition) is 3. The van der Waals surface area contributed by atoms with Gasteiger partial charge in [0.05, 0.1) is 6.54 Å². The van der Waals surface area contributed by atoms with E-state index in [2.05, 4.69) is 17.1 Å². The summed E-state index contributed by atoms with van der Waals surface area (Å²) in [5.41, 5.74) is 0.957. The second-order valence-electron chi connectivity index (χ2n) is 5.41. The van der Waals surface area contributed by atoms with Gasteiger partial charge in [0.1, 0.15) is 0 Å². The summed E-state index contributed by atoms with van der Waals surface area (Å²) in [5, 5.41) is 3.38. The first-order valence-electron chi connectivity index (χ1n) is 7.48. The Hall–Kier alpha value is -1.39. The lowest BCUT2D eigenvalue weighted by Crippen LogP contribution is -2.44. The van der Waals surface area contributed by atoms with Gasteiger partial charge in [0.25, 0.3) is 0 Å². The second kappa shape index (κ2) is 7.41. The standard InChI is InChI=1S/C16H25N3O/c1-3-11-19(15-9-10-17-12-15)13-16(20)18(2)14-7-5-4-6-8-14/h4-8,15,17H,3,9-13H2,1-2H3. The molecule has 4 heteroatoms. The SMILES string of the molecule is CCCN(CC(=O)N(C)c1ccccc1)C1CCNC1. The van der Waals surface area contributed by atoms with Crippen molar-refractivity contribution in [1.29, 1.82) is 0 Å². The maximum atomic E-state index is 12.4. The third-order valence-electron chi connectivity index (χ3n) is 3.92. The number of anilines is 1. The Kier molecular flexibility index (Phi) is 5.56. The maximum Gasteiger partial charge on any atom is 0.240 e. The molecular formula is C16H25N3O. The van der Waals surface area contributed by atoms with Gasteiger partial charge in [-0.2, -0.15) is 0 Å². The smallest absolute Gasteiger partial charge is 0.240 e. The van der Waals surface area contributed by atoms with E-state index in [-0.39, 0.29) is 5.91 Å². The van der Waals surface area contributed by atoms with Crippen LogP contribution in [0.2, 0.25) is 0 Å². The molecule has 4 nitrogen and oxygen atoms in total. The Morgan fingerprint density at radius 3 is 2.70 bits per heavy atom. The van der Waals surface area contributed by atoms with Crippen molar-refractivity contribution in [1.82, 2.24) is 10.2 Å². The van der Waals surface area contributed by atoms with Crippen molar-refractivity contribution in [3.8, 4) is 0 Å². The minimum atomic E-state index is 0.163. The third-order valence-corrected chi connectivity index (χ3v) is 3.92. The number of likely N-dealkylation sites (N-methyl/N-ethyl adjacent to an activating group) is 1. The molecule has 20 heavy (non-hydrogen) atoms. The zero-order valence-corrected chi connectivity index (χ0v) is 12.5. The van der Waals surface area contributed by atoms with Gasteiger partial charge in [-0.25, -0.2) is 0 Å². The van der Waals surface area contributed by atoms with Crippen LogP contribution in [0.5, 0.6) is 0 Å². The lowest BCUT2D eigenvalue weighted by Gasteiger charge is -2.29. The molecule has 1 aromatic carbocycles. The molecule has 2 rings (SSSR count). The molecule has 1 aliphatic rings. The molecule has 1 N–H and O–H groups in total. The number of amides is 1. The van der Waals surface area contributed by atoms with E-state index in [0.29, 0.717) is 12.6 Å². The third kappa shape index (κ3) is 3.81. The molecule has 1 fully saturated rings. The van der Waals surface area contributed by atoms with Gasteiger partial charge in [-0.3, -0.25) is 9.69 Å². The van der Waals surface area contributed by atoms with Gasteiger partial charge in [0, 0.05) is 25.3 Å². The zero-order valence-electron chi connectivity index (χ0n) is 12.5. The number of para-hydroxylation sites is 1. The lowest BCUT2D eigenvalue weighted by molar-refractivity contribution is -0.119. The largest absolute Gasteiger partial charge is 0.315 e. The molecule has 1 aromatic rings. The Morgan fingerprint density at radius 2 is 2.10 bits per heavy atom. The van der Waals surface area contributed by atoms with Crippen LogP contribution >= 0.6 is 0 Å². The number of carbonyl (C=O) groups excluding carboxylic acids is 1. The topological polar surface area (TPSA) is 35.6 Å². The minimum absolute atomic E-state index is 0.163. The fourth-order valence-electron chi connectivity index (χ4n) is 2.70. The predicted octanol–water partition coefficient (Wildman–Crippen LogP) is 1.72. The Labute approximate surface area is 121 Å². The molecule has 1 atom stereocenters. The van der Waals surface area contributed by atoms with E-state index in [9.17, 15) is 4.79 Å². The summed E-state index contributed by atoms with van der Waals surface area (Å²) in [6, 6.07) is 10.3. The van der Waals surface area contributed by atoms with Gasteiger partial charge in [0.15, 0.2) is 0 Å². The van der Waals surface area contributed by atoms with Crippen molar-refractivity contribution in [2.45, 2.75) is 25.8 Å². The summed E-state index contributed by atoms with van der Waals surface area (Å²) in [5.74, 6) is 0.163. The second-order valence-corrected chi connectivity index (χ2v) is 5.41. The van der Waals surface area contributed by atoms with Crippen molar-refractivity contribution in [2.75, 3.05) is 38.1 Å². The van der Waals surface area contributed by atoms with Crippen LogP contribution in [0.3, 0.4) is 0 Å². The van der Waals surface area contributed by atoms with Crippen molar-refractivity contribution >= 4 is 11.6 Å². The van der Waals surface area contributed by atoms with E-state index in [1.54, 1.807) is 4.90 Å². The van der Waals surface area contributed by atoms with Gasteiger partial charge in [-0.15, -0.1) is 0 Å². The van der Waals surface area contributed by atoms with Gasteiger partial charge >= 0.3 is 0 Å². The predicted molar refractivity (Wildman–Crippen MR) is 83.0 cm³/mol. The molecule has 0 saturated carbocycles. The van der Waals surface area contributed by atoms with Crippen LogP contribution in [0, 0.1) is 0 Å². The number of nitrogens with one attached hydrogen (secondary N) is 1. The van der Waals surface area contributed by atoms with E-state index < -0.39 is 0 Å². The molecule has 1 saturated heterocycles. The Bertz CT molecular complexity index is 415. The van der Waals surface area contributed by atoms with E-state index in [1.165, 1.54) is 0 Å². The number of rotatable bonds is 6. The fraction of sp³-hybridized carbons (Fsp3) is 0.562. The van der Waals surface area contributed by atoms with Crippen LogP contribution < -0.4 is 10.2 Å². The van der Waals surface area contributed by atoms with E-state index in [0.717, 1.165) is 38.2 Å². The zero-order chi connectivity index (χ0) is 14.4.